The molecule has 2 aromatic rings. The number of aliphatic carboxylic acids is 1. The molecule has 0 spiro atoms. The van der Waals surface area contributed by atoms with Crippen LogP contribution in [-0.4, -0.2) is 38.3 Å². The summed E-state index contributed by atoms with van der Waals surface area (Å²) in [6.07, 6.45) is 0.166. The lowest BCUT2D eigenvalue weighted by Gasteiger charge is -2.17. The van der Waals surface area contributed by atoms with E-state index >= 15 is 0 Å². The molecule has 2 aromatic carbocycles. The van der Waals surface area contributed by atoms with Crippen molar-refractivity contribution in [2.24, 2.45) is 5.92 Å². The summed E-state index contributed by atoms with van der Waals surface area (Å²) < 4.78 is 21.6. The van der Waals surface area contributed by atoms with E-state index in [-0.39, 0.29) is 12.2 Å². The molecule has 2 N–H and O–H groups in total. The molecule has 8 nitrogen and oxygen atoms in total. The number of ether oxygens (including phenoxy) is 4. The van der Waals surface area contributed by atoms with Gasteiger partial charge in [0.15, 0.2) is 17.2 Å². The number of anilines is 1. The minimum atomic E-state index is -1.19. The molecule has 150 valence electrons. The van der Waals surface area contributed by atoms with Crippen molar-refractivity contribution >= 4 is 17.6 Å². The van der Waals surface area contributed by atoms with Gasteiger partial charge in [-0.15, -0.1) is 0 Å². The van der Waals surface area contributed by atoms with Crippen LogP contribution in [0, 0.1) is 5.92 Å². The molecule has 0 bridgehead atoms. The number of hydrogen-bond donors (Lipinski definition) is 2. The van der Waals surface area contributed by atoms with Crippen LogP contribution in [0.4, 0.5) is 5.69 Å². The van der Waals surface area contributed by atoms with Crippen molar-refractivity contribution < 1.29 is 33.6 Å². The second-order valence-corrected chi connectivity index (χ2v) is 5.77. The van der Waals surface area contributed by atoms with Gasteiger partial charge in [0.25, 0.3) is 0 Å². The van der Waals surface area contributed by atoms with Crippen molar-refractivity contribution in [3.63, 3.8) is 0 Å². The quantitative estimate of drug-likeness (QED) is 0.632. The Labute approximate surface area is 163 Å². The summed E-state index contributed by atoms with van der Waals surface area (Å²) in [6.45, 7) is 1.63. The standard InChI is InChI=1S/C20H23NO7/c1-5-14(20(23)24)19(22)21-15-8-6-12(25-2)10-17(15)28-16-9-7-13(26-3)11-18(16)27-4/h6-11,14H,5H2,1-4H3,(H,21,22)(H,23,24). The minimum Gasteiger partial charge on any atom is -0.497 e. The highest BCUT2D eigenvalue weighted by atomic mass is 16.5. The third-order valence-electron chi connectivity index (χ3n) is 4.06. The van der Waals surface area contributed by atoms with Crippen LogP contribution < -0.4 is 24.3 Å². The predicted molar refractivity (Wildman–Crippen MR) is 103 cm³/mol. The molecular weight excluding hydrogens is 366 g/mol. The van der Waals surface area contributed by atoms with E-state index in [1.807, 2.05) is 0 Å². The number of carboxylic acids is 1. The molecule has 1 atom stereocenters. The fourth-order valence-electron chi connectivity index (χ4n) is 2.49. The molecule has 0 fully saturated rings. The van der Waals surface area contributed by atoms with E-state index in [4.69, 9.17) is 18.9 Å². The molecule has 0 saturated carbocycles. The van der Waals surface area contributed by atoms with E-state index in [0.29, 0.717) is 28.7 Å². The van der Waals surface area contributed by atoms with Crippen LogP contribution in [0.2, 0.25) is 0 Å². The second kappa shape index (κ2) is 9.50. The zero-order valence-electron chi connectivity index (χ0n) is 16.1. The second-order valence-electron chi connectivity index (χ2n) is 5.77. The van der Waals surface area contributed by atoms with Crippen LogP contribution >= 0.6 is 0 Å². The van der Waals surface area contributed by atoms with Gasteiger partial charge in [-0.3, -0.25) is 9.59 Å². The zero-order chi connectivity index (χ0) is 20.7. The van der Waals surface area contributed by atoms with Gasteiger partial charge < -0.3 is 29.4 Å². The predicted octanol–water partition coefficient (Wildman–Crippen LogP) is 3.55. The lowest BCUT2D eigenvalue weighted by molar-refractivity contribution is -0.145. The Morgan fingerprint density at radius 1 is 0.929 bits per heavy atom. The average molecular weight is 389 g/mol. The van der Waals surface area contributed by atoms with Gasteiger partial charge in [0.1, 0.15) is 17.4 Å². The summed E-state index contributed by atoms with van der Waals surface area (Å²) in [4.78, 5) is 23.6. The molecule has 0 aromatic heterocycles. The molecule has 2 rings (SSSR count). The molecule has 28 heavy (non-hydrogen) atoms. The summed E-state index contributed by atoms with van der Waals surface area (Å²) in [7, 11) is 4.54. The monoisotopic (exact) mass is 389 g/mol. The summed E-state index contributed by atoms with van der Waals surface area (Å²) in [5.74, 6) is -0.795. The molecule has 0 aliphatic carbocycles. The van der Waals surface area contributed by atoms with Crippen molar-refractivity contribution in [2.75, 3.05) is 26.6 Å². The highest BCUT2D eigenvalue weighted by molar-refractivity contribution is 6.04. The van der Waals surface area contributed by atoms with Gasteiger partial charge in [0.05, 0.1) is 27.0 Å². The Morgan fingerprint density at radius 3 is 2.07 bits per heavy atom. The van der Waals surface area contributed by atoms with E-state index in [9.17, 15) is 14.7 Å². The van der Waals surface area contributed by atoms with Gasteiger partial charge in [0, 0.05) is 12.1 Å². The highest BCUT2D eigenvalue weighted by Gasteiger charge is 2.25. The van der Waals surface area contributed by atoms with Gasteiger partial charge >= 0.3 is 5.97 Å². The van der Waals surface area contributed by atoms with Crippen LogP contribution in [0.1, 0.15) is 13.3 Å². The lowest BCUT2D eigenvalue weighted by atomic mass is 10.1. The summed E-state index contributed by atoms with van der Waals surface area (Å²) in [5, 5.41) is 11.8. The number of benzene rings is 2. The van der Waals surface area contributed by atoms with E-state index in [0.717, 1.165) is 0 Å². The summed E-state index contributed by atoms with van der Waals surface area (Å²) in [6, 6.07) is 9.82. The number of nitrogens with one attached hydrogen (secondary N) is 1. The van der Waals surface area contributed by atoms with Gasteiger partial charge in [-0.2, -0.15) is 0 Å². The summed E-state index contributed by atoms with van der Waals surface area (Å²) >= 11 is 0. The van der Waals surface area contributed by atoms with Crippen molar-refractivity contribution in [1.82, 2.24) is 0 Å². The molecular formula is C20H23NO7. The first-order valence-electron chi connectivity index (χ1n) is 8.55. The SMILES string of the molecule is CCC(C(=O)O)C(=O)Nc1ccc(OC)cc1Oc1ccc(OC)cc1OC. The number of amides is 1. The van der Waals surface area contributed by atoms with Gasteiger partial charge in [-0.1, -0.05) is 6.92 Å². The molecule has 0 saturated heterocycles. The Hall–Kier alpha value is -3.42. The maximum absolute atomic E-state index is 12.3. The first kappa shape index (κ1) is 20.9. The third-order valence-corrected chi connectivity index (χ3v) is 4.06. The van der Waals surface area contributed by atoms with Crippen LogP contribution in [0.25, 0.3) is 0 Å². The summed E-state index contributed by atoms with van der Waals surface area (Å²) in [5.41, 5.74) is 0.309. The van der Waals surface area contributed by atoms with Crippen LogP contribution in [0.3, 0.4) is 0 Å². The fraction of sp³-hybridized carbons (Fsp3) is 0.300. The molecule has 0 aliphatic heterocycles. The van der Waals surface area contributed by atoms with Crippen molar-refractivity contribution in [1.29, 1.82) is 0 Å². The number of carbonyl (C=O) groups is 2. The van der Waals surface area contributed by atoms with Gasteiger partial charge in [-0.25, -0.2) is 0 Å². The van der Waals surface area contributed by atoms with E-state index in [1.54, 1.807) is 43.3 Å². The van der Waals surface area contributed by atoms with Crippen LogP contribution in [0.15, 0.2) is 36.4 Å². The maximum atomic E-state index is 12.3. The minimum absolute atomic E-state index is 0.166. The smallest absolute Gasteiger partial charge is 0.316 e. The van der Waals surface area contributed by atoms with Crippen molar-refractivity contribution in [3.8, 4) is 28.7 Å². The van der Waals surface area contributed by atoms with E-state index in [1.165, 1.54) is 21.3 Å². The average Bonchev–Trinajstić information content (AvgIpc) is 2.69. The Bertz CT molecular complexity index is 850. The first-order chi connectivity index (χ1) is 13.4. The number of carboxylic acid groups (broad SMARTS) is 1. The van der Waals surface area contributed by atoms with E-state index in [2.05, 4.69) is 5.32 Å². The third kappa shape index (κ3) is 4.85. The topological polar surface area (TPSA) is 103 Å². The normalized spacial score (nSPS) is 11.3. The first-order valence-corrected chi connectivity index (χ1v) is 8.55. The highest BCUT2D eigenvalue weighted by Crippen LogP contribution is 2.39. The van der Waals surface area contributed by atoms with Crippen LogP contribution in [0.5, 0.6) is 28.7 Å². The number of rotatable bonds is 9. The maximum Gasteiger partial charge on any atom is 0.316 e. The molecule has 0 aliphatic rings. The molecule has 1 amide bonds. The molecule has 0 radical (unpaired) electrons. The van der Waals surface area contributed by atoms with Crippen LogP contribution in [-0.2, 0) is 9.59 Å². The number of hydrogen-bond acceptors (Lipinski definition) is 6. The van der Waals surface area contributed by atoms with E-state index < -0.39 is 17.8 Å². The van der Waals surface area contributed by atoms with Gasteiger partial charge in [-0.05, 0) is 30.7 Å². The molecule has 1 unspecified atom stereocenters. The number of methoxy groups -OCH3 is 3. The number of carbonyl (C=O) groups excluding carboxylic acids is 1. The fourth-order valence-corrected chi connectivity index (χ4v) is 2.49. The lowest BCUT2D eigenvalue weighted by Crippen LogP contribution is -2.29. The Kier molecular flexibility index (Phi) is 7.08. The Morgan fingerprint density at radius 2 is 1.54 bits per heavy atom. The van der Waals surface area contributed by atoms with Crippen molar-refractivity contribution in [2.45, 2.75) is 13.3 Å². The zero-order valence-corrected chi connectivity index (χ0v) is 16.1. The van der Waals surface area contributed by atoms with Crippen molar-refractivity contribution in [3.05, 3.63) is 36.4 Å². The molecule has 8 heteroatoms. The Balaban J connectivity index is 2.38. The largest absolute Gasteiger partial charge is 0.497 e. The molecule has 0 heterocycles. The van der Waals surface area contributed by atoms with Gasteiger partial charge in [0.2, 0.25) is 5.91 Å².